The van der Waals surface area contributed by atoms with E-state index in [-0.39, 0.29) is 12.0 Å². The molecule has 0 aliphatic carbocycles. The van der Waals surface area contributed by atoms with Gasteiger partial charge < -0.3 is 14.4 Å². The Morgan fingerprint density at radius 1 is 1.17 bits per heavy atom. The lowest BCUT2D eigenvalue weighted by Gasteiger charge is -2.30. The SMILES string of the molecule is COC(=O)N1CCC(c2nn(C(=O)OC)c3cc(Cl)ccc23)CC1. The summed E-state index contributed by atoms with van der Waals surface area (Å²) in [6, 6.07) is 5.35. The minimum absolute atomic E-state index is 0.153. The minimum atomic E-state index is -0.555. The highest BCUT2D eigenvalue weighted by molar-refractivity contribution is 6.31. The molecule has 1 fully saturated rings. The second-order valence-corrected chi connectivity index (χ2v) is 6.10. The van der Waals surface area contributed by atoms with Crippen molar-refractivity contribution in [3.63, 3.8) is 0 Å². The van der Waals surface area contributed by atoms with Gasteiger partial charge in [-0.25, -0.2) is 9.59 Å². The number of likely N-dealkylation sites (tertiary alicyclic amines) is 1. The number of benzene rings is 1. The number of carbonyl (C=O) groups is 2. The summed E-state index contributed by atoms with van der Waals surface area (Å²) in [7, 11) is 2.69. The first-order valence-electron chi connectivity index (χ1n) is 7.64. The minimum Gasteiger partial charge on any atom is -0.453 e. The number of rotatable bonds is 1. The molecule has 0 spiro atoms. The Morgan fingerprint density at radius 3 is 2.46 bits per heavy atom. The van der Waals surface area contributed by atoms with Gasteiger partial charge >= 0.3 is 12.2 Å². The van der Waals surface area contributed by atoms with Gasteiger partial charge in [0.2, 0.25) is 0 Å². The lowest BCUT2D eigenvalue weighted by Crippen LogP contribution is -2.37. The van der Waals surface area contributed by atoms with E-state index in [9.17, 15) is 9.59 Å². The van der Waals surface area contributed by atoms with Crippen LogP contribution in [0.15, 0.2) is 18.2 Å². The summed E-state index contributed by atoms with van der Waals surface area (Å²) >= 11 is 6.05. The molecular weight excluding hydrogens is 334 g/mol. The molecule has 8 heteroatoms. The Labute approximate surface area is 144 Å². The van der Waals surface area contributed by atoms with E-state index in [4.69, 9.17) is 21.1 Å². The van der Waals surface area contributed by atoms with Crippen molar-refractivity contribution >= 4 is 34.7 Å². The molecule has 24 heavy (non-hydrogen) atoms. The summed E-state index contributed by atoms with van der Waals surface area (Å²) in [6.07, 6.45) is 0.640. The lowest BCUT2D eigenvalue weighted by atomic mass is 9.92. The van der Waals surface area contributed by atoms with Crippen LogP contribution in [-0.4, -0.2) is 54.2 Å². The number of fused-ring (bicyclic) bond motifs is 1. The maximum atomic E-state index is 12.0. The van der Waals surface area contributed by atoms with E-state index < -0.39 is 6.09 Å². The number of halogens is 1. The van der Waals surface area contributed by atoms with Gasteiger partial charge in [-0.05, 0) is 31.0 Å². The Bertz CT molecular complexity index is 781. The average Bonchev–Trinajstić information content (AvgIpc) is 2.99. The van der Waals surface area contributed by atoms with Gasteiger partial charge in [0.25, 0.3) is 0 Å². The number of aromatic nitrogens is 2. The number of methoxy groups -OCH3 is 2. The summed E-state index contributed by atoms with van der Waals surface area (Å²) in [5, 5.41) is 5.87. The van der Waals surface area contributed by atoms with Crippen LogP contribution in [-0.2, 0) is 9.47 Å². The molecule has 1 aromatic heterocycles. The number of amides is 1. The summed E-state index contributed by atoms with van der Waals surface area (Å²) < 4.78 is 10.8. The van der Waals surface area contributed by atoms with Gasteiger partial charge in [0.15, 0.2) is 0 Å². The Hall–Kier alpha value is -2.28. The Morgan fingerprint density at radius 2 is 1.83 bits per heavy atom. The molecular formula is C16H18ClN3O4. The van der Waals surface area contributed by atoms with Crippen molar-refractivity contribution in [1.82, 2.24) is 14.7 Å². The van der Waals surface area contributed by atoms with Gasteiger partial charge in [-0.3, -0.25) is 0 Å². The molecule has 0 saturated carbocycles. The smallest absolute Gasteiger partial charge is 0.434 e. The quantitative estimate of drug-likeness (QED) is 0.788. The predicted octanol–water partition coefficient (Wildman–Crippen LogP) is 3.25. The van der Waals surface area contributed by atoms with E-state index in [0.29, 0.717) is 23.6 Å². The van der Waals surface area contributed by atoms with Crippen molar-refractivity contribution in [2.75, 3.05) is 27.3 Å². The van der Waals surface area contributed by atoms with Gasteiger partial charge in [-0.2, -0.15) is 9.78 Å². The number of hydrogen-bond donors (Lipinski definition) is 0. The van der Waals surface area contributed by atoms with E-state index in [1.165, 1.54) is 18.9 Å². The van der Waals surface area contributed by atoms with Crippen molar-refractivity contribution in [2.24, 2.45) is 0 Å². The summed E-state index contributed by atoms with van der Waals surface area (Å²) in [5.41, 5.74) is 1.45. The van der Waals surface area contributed by atoms with Crippen molar-refractivity contribution in [3.05, 3.63) is 28.9 Å². The van der Waals surface area contributed by atoms with Crippen LogP contribution in [0.25, 0.3) is 10.9 Å². The second-order valence-electron chi connectivity index (χ2n) is 5.66. The Balaban J connectivity index is 1.93. The zero-order chi connectivity index (χ0) is 17.3. The van der Waals surface area contributed by atoms with Crippen LogP contribution in [0.3, 0.4) is 0 Å². The van der Waals surface area contributed by atoms with Gasteiger partial charge in [0, 0.05) is 29.4 Å². The first-order chi connectivity index (χ1) is 11.5. The number of carbonyl (C=O) groups excluding carboxylic acids is 2. The second kappa shape index (κ2) is 6.68. The third-order valence-corrected chi connectivity index (χ3v) is 4.57. The average molecular weight is 352 g/mol. The fourth-order valence-electron chi connectivity index (χ4n) is 3.10. The number of hydrogen-bond acceptors (Lipinski definition) is 5. The highest BCUT2D eigenvalue weighted by Gasteiger charge is 2.28. The Kier molecular flexibility index (Phi) is 4.62. The number of ether oxygens (including phenoxy) is 2. The first-order valence-corrected chi connectivity index (χ1v) is 8.02. The van der Waals surface area contributed by atoms with E-state index in [0.717, 1.165) is 23.9 Å². The van der Waals surface area contributed by atoms with Crippen molar-refractivity contribution in [3.8, 4) is 0 Å². The van der Waals surface area contributed by atoms with Crippen LogP contribution in [0.2, 0.25) is 5.02 Å². The molecule has 1 aliphatic rings. The molecule has 1 saturated heterocycles. The lowest BCUT2D eigenvalue weighted by molar-refractivity contribution is 0.112. The fraction of sp³-hybridized carbons (Fsp3) is 0.438. The van der Waals surface area contributed by atoms with E-state index in [1.807, 2.05) is 6.07 Å². The topological polar surface area (TPSA) is 73.7 Å². The van der Waals surface area contributed by atoms with Gasteiger partial charge in [-0.1, -0.05) is 11.6 Å². The third-order valence-electron chi connectivity index (χ3n) is 4.33. The summed E-state index contributed by atoms with van der Waals surface area (Å²) in [4.78, 5) is 25.3. The van der Waals surface area contributed by atoms with E-state index >= 15 is 0 Å². The molecule has 128 valence electrons. The molecule has 0 atom stereocenters. The largest absolute Gasteiger partial charge is 0.453 e. The molecule has 1 aliphatic heterocycles. The van der Waals surface area contributed by atoms with Gasteiger partial charge in [0.1, 0.15) is 0 Å². The zero-order valence-electron chi connectivity index (χ0n) is 13.5. The molecule has 1 amide bonds. The number of nitrogens with zero attached hydrogens (tertiary/aromatic N) is 3. The van der Waals surface area contributed by atoms with E-state index in [2.05, 4.69) is 5.10 Å². The van der Waals surface area contributed by atoms with Crippen molar-refractivity contribution < 1.29 is 19.1 Å². The predicted molar refractivity (Wildman–Crippen MR) is 88.5 cm³/mol. The van der Waals surface area contributed by atoms with Crippen molar-refractivity contribution in [2.45, 2.75) is 18.8 Å². The molecule has 0 bridgehead atoms. The monoisotopic (exact) mass is 351 g/mol. The van der Waals surface area contributed by atoms with Crippen LogP contribution < -0.4 is 0 Å². The highest BCUT2D eigenvalue weighted by atomic mass is 35.5. The maximum Gasteiger partial charge on any atom is 0.434 e. The standard InChI is InChI=1S/C16H18ClN3O4/c1-23-15(21)19-7-5-10(6-8-19)14-12-4-3-11(17)9-13(12)20(18-14)16(22)24-2/h3-4,9-10H,5-8H2,1-2H3. The molecule has 7 nitrogen and oxygen atoms in total. The van der Waals surface area contributed by atoms with Crippen LogP contribution in [0.4, 0.5) is 9.59 Å². The van der Waals surface area contributed by atoms with Crippen LogP contribution >= 0.6 is 11.6 Å². The van der Waals surface area contributed by atoms with Gasteiger partial charge in [-0.15, -0.1) is 0 Å². The van der Waals surface area contributed by atoms with E-state index in [1.54, 1.807) is 17.0 Å². The molecule has 0 radical (unpaired) electrons. The maximum absolute atomic E-state index is 12.0. The molecule has 1 aromatic carbocycles. The summed E-state index contributed by atoms with van der Waals surface area (Å²) in [6.45, 7) is 1.19. The number of piperidine rings is 1. The fourth-order valence-corrected chi connectivity index (χ4v) is 3.27. The molecule has 3 rings (SSSR count). The highest BCUT2D eigenvalue weighted by Crippen LogP contribution is 2.33. The van der Waals surface area contributed by atoms with Crippen molar-refractivity contribution in [1.29, 1.82) is 0 Å². The van der Waals surface area contributed by atoms with Gasteiger partial charge in [0.05, 0.1) is 25.4 Å². The van der Waals surface area contributed by atoms with Crippen LogP contribution in [0.1, 0.15) is 24.5 Å². The van der Waals surface area contributed by atoms with Crippen LogP contribution in [0.5, 0.6) is 0 Å². The summed E-state index contributed by atoms with van der Waals surface area (Å²) in [5.74, 6) is 0.153. The molecule has 0 unspecified atom stereocenters. The first kappa shape index (κ1) is 16.6. The normalized spacial score (nSPS) is 15.5. The molecule has 0 N–H and O–H groups in total. The third kappa shape index (κ3) is 2.91. The zero-order valence-corrected chi connectivity index (χ0v) is 14.2. The molecule has 2 heterocycles. The van der Waals surface area contributed by atoms with Crippen LogP contribution in [0, 0.1) is 0 Å². The molecule has 2 aromatic rings.